The number of pyridine rings is 1. The first-order chi connectivity index (χ1) is 11.2. The Morgan fingerprint density at radius 1 is 1.39 bits per heavy atom. The van der Waals surface area contributed by atoms with Crippen molar-refractivity contribution in [1.82, 2.24) is 9.88 Å². The van der Waals surface area contributed by atoms with Gasteiger partial charge in [0.25, 0.3) is 0 Å². The van der Waals surface area contributed by atoms with E-state index >= 15 is 0 Å². The molecule has 23 heavy (non-hydrogen) atoms. The van der Waals surface area contributed by atoms with E-state index in [4.69, 9.17) is 9.47 Å². The van der Waals surface area contributed by atoms with Gasteiger partial charge in [0.2, 0.25) is 5.91 Å². The van der Waals surface area contributed by atoms with Crippen molar-refractivity contribution in [2.24, 2.45) is 0 Å². The maximum absolute atomic E-state index is 12.4. The smallest absolute Gasteiger partial charge is 0.241 e. The molecule has 3 heterocycles. The van der Waals surface area contributed by atoms with Crippen molar-refractivity contribution >= 4 is 17.4 Å². The minimum absolute atomic E-state index is 0.00651. The van der Waals surface area contributed by atoms with Crippen LogP contribution in [-0.2, 0) is 14.3 Å². The first-order valence-electron chi connectivity index (χ1n) is 8.00. The summed E-state index contributed by atoms with van der Waals surface area (Å²) in [6.45, 7) is 3.94. The molecule has 2 atom stereocenters. The largest absolute Gasteiger partial charge is 0.380 e. The quantitative estimate of drug-likeness (QED) is 0.875. The molecular formula is C16H24N4O3. The van der Waals surface area contributed by atoms with Gasteiger partial charge >= 0.3 is 0 Å². The summed E-state index contributed by atoms with van der Waals surface area (Å²) in [4.78, 5) is 21.1. The minimum atomic E-state index is -0.154. The van der Waals surface area contributed by atoms with Crippen molar-refractivity contribution in [3.8, 4) is 0 Å². The van der Waals surface area contributed by atoms with E-state index in [0.29, 0.717) is 0 Å². The number of ether oxygens (including phenoxy) is 2. The predicted molar refractivity (Wildman–Crippen MR) is 87.7 cm³/mol. The molecule has 0 aromatic carbocycles. The van der Waals surface area contributed by atoms with Crippen molar-refractivity contribution in [3.05, 3.63) is 18.3 Å². The Morgan fingerprint density at radius 3 is 2.78 bits per heavy atom. The van der Waals surface area contributed by atoms with Crippen LogP contribution in [0.3, 0.4) is 0 Å². The lowest BCUT2D eigenvalue weighted by Gasteiger charge is -2.27. The van der Waals surface area contributed by atoms with Crippen molar-refractivity contribution in [2.75, 3.05) is 57.2 Å². The number of methoxy groups -OCH3 is 1. The molecule has 0 spiro atoms. The van der Waals surface area contributed by atoms with Gasteiger partial charge in [-0.25, -0.2) is 4.98 Å². The molecule has 0 unspecified atom stereocenters. The van der Waals surface area contributed by atoms with Gasteiger partial charge < -0.3 is 19.7 Å². The standard InChI is InChI=1S/C16H24N4O3/c1-19-11-13(22-2)9-14(19)16(21)18-12-3-4-15(17-10-12)20-5-7-23-8-6-20/h3-4,10,13-14H,5-9,11H2,1-2H3,(H,18,21)/t13-,14-/m0/s1. The maximum atomic E-state index is 12.4. The minimum Gasteiger partial charge on any atom is -0.380 e. The van der Waals surface area contributed by atoms with Crippen LogP contribution in [0.4, 0.5) is 11.5 Å². The summed E-state index contributed by atoms with van der Waals surface area (Å²) in [6.07, 6.45) is 2.56. The molecule has 0 aliphatic carbocycles. The van der Waals surface area contributed by atoms with Gasteiger partial charge in [-0.2, -0.15) is 0 Å². The summed E-state index contributed by atoms with van der Waals surface area (Å²) >= 11 is 0. The monoisotopic (exact) mass is 320 g/mol. The van der Waals surface area contributed by atoms with Crippen molar-refractivity contribution in [3.63, 3.8) is 0 Å². The summed E-state index contributed by atoms with van der Waals surface area (Å²) in [5, 5.41) is 2.95. The summed E-state index contributed by atoms with van der Waals surface area (Å²) in [5.74, 6) is 0.914. The fourth-order valence-corrected chi connectivity index (χ4v) is 3.09. The molecule has 3 rings (SSSR count). The third-order valence-electron chi connectivity index (χ3n) is 4.50. The number of nitrogens with one attached hydrogen (secondary N) is 1. The van der Waals surface area contributed by atoms with Gasteiger partial charge in [-0.05, 0) is 25.6 Å². The van der Waals surface area contributed by atoms with E-state index < -0.39 is 0 Å². The highest BCUT2D eigenvalue weighted by atomic mass is 16.5. The van der Waals surface area contributed by atoms with E-state index in [2.05, 4.69) is 15.2 Å². The number of amides is 1. The average Bonchev–Trinajstić information content (AvgIpc) is 2.97. The molecule has 126 valence electrons. The van der Waals surface area contributed by atoms with Gasteiger partial charge in [0.15, 0.2) is 0 Å². The number of hydrogen-bond donors (Lipinski definition) is 1. The van der Waals surface area contributed by atoms with Crippen LogP contribution in [-0.4, -0.2) is 74.9 Å². The first kappa shape index (κ1) is 16.2. The van der Waals surface area contributed by atoms with E-state index in [1.807, 2.05) is 24.1 Å². The molecular weight excluding hydrogens is 296 g/mol. The molecule has 1 amide bonds. The average molecular weight is 320 g/mol. The van der Waals surface area contributed by atoms with Gasteiger partial charge in [0.1, 0.15) is 5.82 Å². The number of anilines is 2. The van der Waals surface area contributed by atoms with Crippen molar-refractivity contribution in [1.29, 1.82) is 0 Å². The number of likely N-dealkylation sites (tertiary alicyclic amines) is 1. The molecule has 0 bridgehead atoms. The fourth-order valence-electron chi connectivity index (χ4n) is 3.09. The summed E-state index contributed by atoms with van der Waals surface area (Å²) in [6, 6.07) is 3.69. The number of aromatic nitrogens is 1. The highest BCUT2D eigenvalue weighted by molar-refractivity contribution is 5.95. The molecule has 2 aliphatic rings. The van der Waals surface area contributed by atoms with Gasteiger partial charge in [-0.3, -0.25) is 9.69 Å². The number of morpholine rings is 1. The predicted octanol–water partition coefficient (Wildman–Crippen LogP) is 0.576. The summed E-state index contributed by atoms with van der Waals surface area (Å²) in [7, 11) is 3.64. The molecule has 2 aliphatic heterocycles. The highest BCUT2D eigenvalue weighted by Gasteiger charge is 2.34. The second-order valence-electron chi connectivity index (χ2n) is 6.04. The molecule has 2 fully saturated rings. The van der Waals surface area contributed by atoms with Gasteiger partial charge in [-0.15, -0.1) is 0 Å². The summed E-state index contributed by atoms with van der Waals surface area (Å²) in [5.41, 5.74) is 0.723. The second-order valence-corrected chi connectivity index (χ2v) is 6.04. The molecule has 7 heteroatoms. The topological polar surface area (TPSA) is 66.9 Å². The number of likely N-dealkylation sites (N-methyl/N-ethyl adjacent to an activating group) is 1. The van der Waals surface area contributed by atoms with Crippen molar-refractivity contribution < 1.29 is 14.3 Å². The molecule has 0 radical (unpaired) electrons. The SMILES string of the molecule is CO[C@H]1C[C@@H](C(=O)Nc2ccc(N3CCOCC3)nc2)N(C)C1. The highest BCUT2D eigenvalue weighted by Crippen LogP contribution is 2.20. The molecule has 7 nitrogen and oxygen atoms in total. The van der Waals surface area contributed by atoms with E-state index in [0.717, 1.165) is 50.8 Å². The number of hydrogen-bond acceptors (Lipinski definition) is 6. The van der Waals surface area contributed by atoms with E-state index in [-0.39, 0.29) is 18.1 Å². The third-order valence-corrected chi connectivity index (χ3v) is 4.50. The van der Waals surface area contributed by atoms with Crippen LogP contribution in [0.5, 0.6) is 0 Å². The number of carbonyl (C=O) groups excluding carboxylic acids is 1. The van der Waals surface area contributed by atoms with Gasteiger partial charge in [-0.1, -0.05) is 0 Å². The molecule has 1 aromatic rings. The zero-order chi connectivity index (χ0) is 16.2. The van der Waals surface area contributed by atoms with Crippen LogP contribution in [0.2, 0.25) is 0 Å². The Balaban J connectivity index is 1.58. The number of carbonyl (C=O) groups is 1. The Morgan fingerprint density at radius 2 is 2.17 bits per heavy atom. The van der Waals surface area contributed by atoms with Crippen LogP contribution >= 0.6 is 0 Å². The molecule has 2 saturated heterocycles. The molecule has 1 aromatic heterocycles. The lowest BCUT2D eigenvalue weighted by Crippen LogP contribution is -2.37. The van der Waals surface area contributed by atoms with E-state index in [1.54, 1.807) is 13.3 Å². The van der Waals surface area contributed by atoms with Crippen LogP contribution in [0.15, 0.2) is 18.3 Å². The van der Waals surface area contributed by atoms with Crippen LogP contribution in [0.1, 0.15) is 6.42 Å². The zero-order valence-electron chi connectivity index (χ0n) is 13.7. The fraction of sp³-hybridized carbons (Fsp3) is 0.625. The summed E-state index contributed by atoms with van der Waals surface area (Å²) < 4.78 is 10.7. The second kappa shape index (κ2) is 7.25. The van der Waals surface area contributed by atoms with Gasteiger partial charge in [0.05, 0.1) is 37.2 Å². The normalized spacial score (nSPS) is 25.6. The number of rotatable bonds is 4. The Bertz CT molecular complexity index is 531. The lowest BCUT2D eigenvalue weighted by molar-refractivity contribution is -0.120. The van der Waals surface area contributed by atoms with Crippen LogP contribution in [0, 0.1) is 0 Å². The molecule has 0 saturated carbocycles. The van der Waals surface area contributed by atoms with Crippen LogP contribution < -0.4 is 10.2 Å². The zero-order valence-corrected chi connectivity index (χ0v) is 13.7. The first-order valence-corrected chi connectivity index (χ1v) is 8.00. The maximum Gasteiger partial charge on any atom is 0.241 e. The van der Waals surface area contributed by atoms with E-state index in [9.17, 15) is 4.79 Å². The Hall–Kier alpha value is -1.70. The molecule has 1 N–H and O–H groups in total. The van der Waals surface area contributed by atoms with Gasteiger partial charge in [0, 0.05) is 26.7 Å². The Labute approximate surface area is 136 Å². The Kier molecular flexibility index (Phi) is 5.09. The number of nitrogens with zero attached hydrogens (tertiary/aromatic N) is 3. The van der Waals surface area contributed by atoms with Crippen LogP contribution in [0.25, 0.3) is 0 Å². The van der Waals surface area contributed by atoms with E-state index in [1.165, 1.54) is 0 Å². The lowest BCUT2D eigenvalue weighted by atomic mass is 10.2. The third kappa shape index (κ3) is 3.80. The van der Waals surface area contributed by atoms with Crippen molar-refractivity contribution in [2.45, 2.75) is 18.6 Å².